The van der Waals surface area contributed by atoms with E-state index >= 15 is 0 Å². The molecule has 1 aromatic rings. The van der Waals surface area contributed by atoms with Gasteiger partial charge < -0.3 is 14.5 Å². The number of halogens is 1. The summed E-state index contributed by atoms with van der Waals surface area (Å²) in [6.07, 6.45) is 1.85. The van der Waals surface area contributed by atoms with Crippen molar-refractivity contribution in [3.63, 3.8) is 0 Å². The molecule has 0 saturated carbocycles. The Hall–Kier alpha value is -1.31. The molecule has 2 aliphatic rings. The minimum absolute atomic E-state index is 0.214. The molecule has 27 heavy (non-hydrogen) atoms. The number of carbonyl (C=O) groups excluding carboxylic acids is 1. The normalized spacial score (nSPS) is 21.2. The first kappa shape index (κ1) is 20.4. The zero-order valence-electron chi connectivity index (χ0n) is 16.7. The van der Waals surface area contributed by atoms with E-state index < -0.39 is 5.60 Å². The molecule has 0 bridgehead atoms. The fourth-order valence-electron chi connectivity index (χ4n) is 3.33. The zero-order chi connectivity index (χ0) is 19.9. The summed E-state index contributed by atoms with van der Waals surface area (Å²) in [4.78, 5) is 21.2. The minimum atomic E-state index is -0.454. The Bertz CT molecular complexity index is 781. The van der Waals surface area contributed by atoms with E-state index in [1.807, 2.05) is 49.0 Å². The Kier molecular flexibility index (Phi) is 5.75. The fraction of sp³-hybridized carbons (Fsp3) is 0.550. The van der Waals surface area contributed by atoms with Crippen LogP contribution in [0.1, 0.15) is 43.0 Å². The summed E-state index contributed by atoms with van der Waals surface area (Å²) in [6, 6.07) is 2.54. The number of carbonyl (C=O) groups is 1. The van der Waals surface area contributed by atoms with Gasteiger partial charge >= 0.3 is 6.09 Å². The predicted octanol–water partition coefficient (Wildman–Crippen LogP) is 4.80. The summed E-state index contributed by atoms with van der Waals surface area (Å²) in [5.74, 6) is 0. The van der Waals surface area contributed by atoms with Gasteiger partial charge in [-0.05, 0) is 49.7 Å². The monoisotopic (exact) mass is 453 g/mol. The highest BCUT2D eigenvalue weighted by Crippen LogP contribution is 2.41. The molecule has 2 aliphatic heterocycles. The van der Waals surface area contributed by atoms with E-state index in [1.54, 1.807) is 0 Å². The summed E-state index contributed by atoms with van der Waals surface area (Å²) >= 11 is 5.48. The molecule has 1 atom stereocenters. The molecule has 0 radical (unpaired) electrons. The van der Waals surface area contributed by atoms with Gasteiger partial charge in [0.2, 0.25) is 0 Å². The number of piperazine rings is 1. The van der Waals surface area contributed by atoms with Crippen molar-refractivity contribution in [2.45, 2.75) is 45.9 Å². The second-order valence-corrected chi connectivity index (χ2v) is 10.2. The molecule has 0 N–H and O–H groups in total. The van der Waals surface area contributed by atoms with Crippen LogP contribution in [0.15, 0.2) is 18.8 Å². The van der Waals surface area contributed by atoms with Gasteiger partial charge in [-0.25, -0.2) is 4.79 Å². The third-order valence-electron chi connectivity index (χ3n) is 4.82. The van der Waals surface area contributed by atoms with Crippen LogP contribution in [0.25, 0.3) is 10.2 Å². The van der Waals surface area contributed by atoms with Gasteiger partial charge in [-0.1, -0.05) is 6.58 Å². The fourth-order valence-corrected chi connectivity index (χ4v) is 5.20. The van der Waals surface area contributed by atoms with Crippen molar-refractivity contribution in [1.29, 1.82) is 0 Å². The third kappa shape index (κ3) is 4.58. The highest BCUT2D eigenvalue weighted by atomic mass is 79.9. The molecular formula is C20H28BrN3O2S. The molecule has 0 spiro atoms. The van der Waals surface area contributed by atoms with Gasteiger partial charge in [0.25, 0.3) is 0 Å². The molecule has 1 aromatic heterocycles. The number of amides is 1. The lowest BCUT2D eigenvalue weighted by molar-refractivity contribution is 0.00475. The van der Waals surface area contributed by atoms with Gasteiger partial charge in [-0.3, -0.25) is 4.90 Å². The minimum Gasteiger partial charge on any atom is -0.444 e. The van der Waals surface area contributed by atoms with E-state index in [9.17, 15) is 4.79 Å². The highest BCUT2D eigenvalue weighted by molar-refractivity contribution is 9.15. The van der Waals surface area contributed by atoms with Gasteiger partial charge in [-0.15, -0.1) is 11.3 Å². The number of ether oxygens (including phenoxy) is 1. The first-order chi connectivity index (χ1) is 12.5. The lowest BCUT2D eigenvalue weighted by Crippen LogP contribution is -2.53. The predicted molar refractivity (Wildman–Crippen MR) is 116 cm³/mol. The lowest BCUT2D eigenvalue weighted by atomic mass is 10.1. The van der Waals surface area contributed by atoms with E-state index in [0.717, 1.165) is 23.3 Å². The van der Waals surface area contributed by atoms with E-state index in [4.69, 9.17) is 4.74 Å². The molecule has 0 aromatic carbocycles. The van der Waals surface area contributed by atoms with Gasteiger partial charge in [0.15, 0.2) is 0 Å². The van der Waals surface area contributed by atoms with Crippen LogP contribution in [0, 0.1) is 0 Å². The molecule has 1 unspecified atom stereocenters. The van der Waals surface area contributed by atoms with E-state index in [1.165, 1.54) is 15.3 Å². The summed E-state index contributed by atoms with van der Waals surface area (Å²) in [5.41, 5.74) is 1.77. The number of rotatable bonds is 2. The Labute approximate surface area is 174 Å². The summed E-state index contributed by atoms with van der Waals surface area (Å²) in [7, 11) is 2.02. The molecular weight excluding hydrogens is 426 g/mol. The van der Waals surface area contributed by atoms with E-state index in [-0.39, 0.29) is 12.1 Å². The maximum absolute atomic E-state index is 12.3. The SMILES string of the molecule is C=C1c2cc(CN3CCN(C(=O)OC(C)(C)C)CC3C)sc2C(Br)=CN1C. The second kappa shape index (κ2) is 7.60. The lowest BCUT2D eigenvalue weighted by Gasteiger charge is -2.40. The molecule has 1 fully saturated rings. The molecule has 7 heteroatoms. The first-order valence-electron chi connectivity index (χ1n) is 9.19. The molecule has 3 heterocycles. The standard InChI is InChI=1S/C20H28BrN3O2S/c1-13-10-24(19(25)26-20(3,4)5)8-7-23(13)11-15-9-16-14(2)22(6)12-17(21)18(16)27-15/h9,12-13H,2,7-8,10-11H2,1,3-6H3. The quantitative estimate of drug-likeness (QED) is 0.644. The van der Waals surface area contributed by atoms with Crippen molar-refractivity contribution in [3.05, 3.63) is 34.2 Å². The summed E-state index contributed by atoms with van der Waals surface area (Å²) in [5, 5.41) is 0. The van der Waals surface area contributed by atoms with Crippen LogP contribution in [-0.2, 0) is 11.3 Å². The van der Waals surface area contributed by atoms with Crippen LogP contribution >= 0.6 is 27.3 Å². The van der Waals surface area contributed by atoms with Crippen LogP contribution in [0.2, 0.25) is 0 Å². The van der Waals surface area contributed by atoms with Crippen LogP contribution in [-0.4, -0.2) is 59.1 Å². The van der Waals surface area contributed by atoms with Gasteiger partial charge in [0, 0.05) is 61.6 Å². The van der Waals surface area contributed by atoms with Crippen molar-refractivity contribution in [1.82, 2.24) is 14.7 Å². The van der Waals surface area contributed by atoms with Gasteiger partial charge in [0.1, 0.15) is 5.60 Å². The van der Waals surface area contributed by atoms with Gasteiger partial charge in [-0.2, -0.15) is 0 Å². The smallest absolute Gasteiger partial charge is 0.410 e. The molecule has 1 amide bonds. The highest BCUT2D eigenvalue weighted by Gasteiger charge is 2.30. The number of hydrogen-bond acceptors (Lipinski definition) is 5. The second-order valence-electron chi connectivity index (χ2n) is 8.24. The summed E-state index contributed by atoms with van der Waals surface area (Å²) < 4.78 is 6.62. The Morgan fingerprint density at radius 3 is 2.74 bits per heavy atom. The average molecular weight is 454 g/mol. The zero-order valence-corrected chi connectivity index (χ0v) is 19.1. The molecule has 5 nitrogen and oxygen atoms in total. The molecule has 148 valence electrons. The van der Waals surface area contributed by atoms with Crippen LogP contribution in [0.3, 0.4) is 0 Å². The van der Waals surface area contributed by atoms with Crippen LogP contribution < -0.4 is 0 Å². The van der Waals surface area contributed by atoms with E-state index in [0.29, 0.717) is 13.1 Å². The van der Waals surface area contributed by atoms with Crippen LogP contribution in [0.4, 0.5) is 4.79 Å². The van der Waals surface area contributed by atoms with Crippen molar-refractivity contribution < 1.29 is 9.53 Å². The van der Waals surface area contributed by atoms with Crippen molar-refractivity contribution >= 4 is 43.5 Å². The topological polar surface area (TPSA) is 36.0 Å². The molecule has 1 saturated heterocycles. The van der Waals surface area contributed by atoms with Crippen molar-refractivity contribution in [2.75, 3.05) is 26.7 Å². The number of hydrogen-bond donors (Lipinski definition) is 0. The maximum atomic E-state index is 12.3. The van der Waals surface area contributed by atoms with E-state index in [2.05, 4.69) is 46.6 Å². The third-order valence-corrected chi connectivity index (χ3v) is 6.84. The number of nitrogens with zero attached hydrogens (tertiary/aromatic N) is 3. The Morgan fingerprint density at radius 1 is 1.41 bits per heavy atom. The molecule has 0 aliphatic carbocycles. The number of thiophene rings is 1. The van der Waals surface area contributed by atoms with Gasteiger partial charge in [0.05, 0.1) is 9.36 Å². The number of fused-ring (bicyclic) bond motifs is 1. The largest absolute Gasteiger partial charge is 0.444 e. The molecule has 3 rings (SSSR count). The summed E-state index contributed by atoms with van der Waals surface area (Å²) in [6.45, 7) is 15.2. The van der Waals surface area contributed by atoms with Crippen LogP contribution in [0.5, 0.6) is 0 Å². The van der Waals surface area contributed by atoms with Crippen molar-refractivity contribution in [3.8, 4) is 0 Å². The Balaban J connectivity index is 1.65. The maximum Gasteiger partial charge on any atom is 0.410 e. The Morgan fingerprint density at radius 2 is 2.11 bits per heavy atom. The van der Waals surface area contributed by atoms with Crippen molar-refractivity contribution in [2.24, 2.45) is 0 Å². The average Bonchev–Trinajstić information content (AvgIpc) is 2.97. The first-order valence-corrected chi connectivity index (χ1v) is 10.8.